The van der Waals surface area contributed by atoms with Crippen molar-refractivity contribution in [3.63, 3.8) is 0 Å². The van der Waals surface area contributed by atoms with Crippen molar-refractivity contribution >= 4 is 23.5 Å². The van der Waals surface area contributed by atoms with Gasteiger partial charge in [0, 0.05) is 54.4 Å². The van der Waals surface area contributed by atoms with E-state index in [2.05, 4.69) is 16.8 Å². The van der Waals surface area contributed by atoms with E-state index in [1.807, 2.05) is 6.07 Å². The molecule has 10 heteroatoms. The molecule has 2 fully saturated rings. The zero-order chi connectivity index (χ0) is 26.9. The predicted octanol–water partition coefficient (Wildman–Crippen LogP) is 2.40. The molecule has 1 saturated heterocycles. The van der Waals surface area contributed by atoms with Crippen molar-refractivity contribution < 1.29 is 29.0 Å². The number of methoxy groups -OCH3 is 1. The van der Waals surface area contributed by atoms with Gasteiger partial charge in [-0.1, -0.05) is 12.1 Å². The lowest BCUT2D eigenvalue weighted by Gasteiger charge is -2.37. The van der Waals surface area contributed by atoms with E-state index in [9.17, 15) is 19.6 Å². The number of amides is 2. The number of benzene rings is 2. The highest BCUT2D eigenvalue weighted by molar-refractivity contribution is 5.98. The molecule has 2 aromatic carbocycles. The van der Waals surface area contributed by atoms with Crippen LogP contribution in [0.4, 0.5) is 5.69 Å². The summed E-state index contributed by atoms with van der Waals surface area (Å²) in [6.07, 6.45) is 4.22. The van der Waals surface area contributed by atoms with Crippen LogP contribution in [0.5, 0.6) is 5.75 Å². The van der Waals surface area contributed by atoms with Gasteiger partial charge in [-0.2, -0.15) is 5.26 Å². The highest BCUT2D eigenvalue weighted by Gasteiger charge is 2.61. The number of hydrogen-bond donors (Lipinski definition) is 3. The first-order valence-corrected chi connectivity index (χ1v) is 12.4. The average Bonchev–Trinajstić information content (AvgIpc) is 3.61. The molecule has 1 aliphatic carbocycles. The third-order valence-electron chi connectivity index (χ3n) is 7.51. The van der Waals surface area contributed by atoms with Gasteiger partial charge in [0.1, 0.15) is 5.75 Å². The monoisotopic (exact) mass is 516 g/mol. The van der Waals surface area contributed by atoms with Crippen LogP contribution in [0.15, 0.2) is 48.6 Å². The predicted molar refractivity (Wildman–Crippen MR) is 136 cm³/mol. The molecule has 0 radical (unpaired) electrons. The maximum absolute atomic E-state index is 13.4. The number of nitrogens with one attached hydrogen (secondary N) is 2. The molecule has 0 unspecified atom stereocenters. The van der Waals surface area contributed by atoms with Gasteiger partial charge in [0.25, 0.3) is 5.91 Å². The summed E-state index contributed by atoms with van der Waals surface area (Å²) < 4.78 is 11.1. The molecule has 2 amide bonds. The molecular weight excluding hydrogens is 488 g/mol. The van der Waals surface area contributed by atoms with Crippen LogP contribution in [-0.4, -0.2) is 60.8 Å². The van der Waals surface area contributed by atoms with Gasteiger partial charge >= 0.3 is 5.97 Å². The molecule has 2 heterocycles. The summed E-state index contributed by atoms with van der Waals surface area (Å²) in [5.41, 5.74) is 5.38. The summed E-state index contributed by atoms with van der Waals surface area (Å²) in [5, 5.41) is 23.0. The topological polar surface area (TPSA) is 141 Å². The third-order valence-corrected chi connectivity index (χ3v) is 7.51. The minimum Gasteiger partial charge on any atom is -0.493 e. The Kier molecular flexibility index (Phi) is 6.89. The van der Waals surface area contributed by atoms with Crippen LogP contribution in [0, 0.1) is 17.2 Å². The number of carboxylic acid groups (broad SMARTS) is 1. The van der Waals surface area contributed by atoms with Crippen molar-refractivity contribution in [1.29, 1.82) is 5.26 Å². The standard InChI is InChI=1S/C28H28N4O6/c1-37-20-15-32(16-20)31-26(35)19-7-8-24-21(12-19)28(9-10-38-24)13-22(28)27(36)30-23-11-17(14-29)5-6-18(23)3-2-4-25(33)34/h2,4-8,11-12,20,22H,3,9-10,13,15-16H2,1H3,(H,30,36)(H,31,35)(H,33,34)/t22-,28-/m0/s1. The first kappa shape index (κ1) is 25.4. The third kappa shape index (κ3) is 4.98. The minimum atomic E-state index is -1.06. The molecular formula is C28H28N4O6. The molecule has 1 saturated carbocycles. The lowest BCUT2D eigenvalue weighted by Crippen LogP contribution is -2.59. The van der Waals surface area contributed by atoms with E-state index in [1.54, 1.807) is 42.5 Å². The maximum Gasteiger partial charge on any atom is 0.327 e. The Balaban J connectivity index is 1.33. The summed E-state index contributed by atoms with van der Waals surface area (Å²) in [5.74, 6) is -1.11. The van der Waals surface area contributed by atoms with Gasteiger partial charge in [0.05, 0.1) is 24.3 Å². The Morgan fingerprint density at radius 2 is 2.08 bits per heavy atom. The molecule has 2 aromatic rings. The number of rotatable bonds is 8. The summed E-state index contributed by atoms with van der Waals surface area (Å²) in [7, 11) is 1.65. The van der Waals surface area contributed by atoms with Gasteiger partial charge in [0.2, 0.25) is 5.91 Å². The Bertz CT molecular complexity index is 1360. The van der Waals surface area contributed by atoms with Crippen molar-refractivity contribution in [3.05, 3.63) is 70.8 Å². The van der Waals surface area contributed by atoms with Gasteiger partial charge in [-0.15, -0.1) is 0 Å². The number of carbonyl (C=O) groups is 3. The number of nitrogens with zero attached hydrogens (tertiary/aromatic N) is 2. The van der Waals surface area contributed by atoms with Crippen LogP contribution in [0.25, 0.3) is 0 Å². The van der Waals surface area contributed by atoms with Crippen LogP contribution >= 0.6 is 0 Å². The van der Waals surface area contributed by atoms with Crippen LogP contribution in [-0.2, 0) is 26.2 Å². The average molecular weight is 517 g/mol. The van der Waals surface area contributed by atoms with Gasteiger partial charge in [-0.05, 0) is 55.2 Å². The summed E-state index contributed by atoms with van der Waals surface area (Å²) in [6, 6.07) is 12.4. The summed E-state index contributed by atoms with van der Waals surface area (Å²) in [4.78, 5) is 37.1. The van der Waals surface area contributed by atoms with Crippen molar-refractivity contribution in [2.24, 2.45) is 5.92 Å². The molecule has 0 aromatic heterocycles. The molecule has 5 rings (SSSR count). The summed E-state index contributed by atoms with van der Waals surface area (Å²) >= 11 is 0. The van der Waals surface area contributed by atoms with Crippen molar-refractivity contribution in [2.75, 3.05) is 32.1 Å². The van der Waals surface area contributed by atoms with E-state index in [4.69, 9.17) is 14.6 Å². The molecule has 38 heavy (non-hydrogen) atoms. The first-order chi connectivity index (χ1) is 18.3. The molecule has 0 bridgehead atoms. The fourth-order valence-corrected chi connectivity index (χ4v) is 5.22. The second-order valence-electron chi connectivity index (χ2n) is 9.84. The number of fused-ring (bicyclic) bond motifs is 2. The highest BCUT2D eigenvalue weighted by Crippen LogP contribution is 2.61. The first-order valence-electron chi connectivity index (χ1n) is 12.4. The molecule has 196 valence electrons. The van der Waals surface area contributed by atoms with Crippen molar-refractivity contribution in [3.8, 4) is 11.8 Å². The Labute approximate surface area is 219 Å². The second-order valence-corrected chi connectivity index (χ2v) is 9.84. The van der Waals surface area contributed by atoms with Crippen LogP contribution in [0.2, 0.25) is 0 Å². The van der Waals surface area contributed by atoms with Crippen molar-refractivity contribution in [2.45, 2.75) is 30.8 Å². The number of ether oxygens (including phenoxy) is 2. The molecule has 10 nitrogen and oxygen atoms in total. The van der Waals surface area contributed by atoms with Crippen LogP contribution in [0.1, 0.15) is 39.9 Å². The molecule has 3 aliphatic rings. The zero-order valence-electron chi connectivity index (χ0n) is 20.9. The number of carbonyl (C=O) groups excluding carboxylic acids is 2. The molecule has 3 N–H and O–H groups in total. The van der Waals surface area contributed by atoms with E-state index < -0.39 is 11.4 Å². The van der Waals surface area contributed by atoms with Gasteiger partial charge < -0.3 is 19.9 Å². The summed E-state index contributed by atoms with van der Waals surface area (Å²) in [6.45, 7) is 1.73. The molecule has 1 spiro atoms. The van der Waals surface area contributed by atoms with Gasteiger partial charge in [0.15, 0.2) is 0 Å². The van der Waals surface area contributed by atoms with Gasteiger partial charge in [-0.3, -0.25) is 15.0 Å². The van der Waals surface area contributed by atoms with E-state index >= 15 is 0 Å². The van der Waals surface area contributed by atoms with E-state index in [0.29, 0.717) is 67.1 Å². The SMILES string of the molecule is COC1CN(NC(=O)c2ccc3c(c2)[C@]2(CCO3)C[C@H]2C(=O)Nc2cc(C#N)ccc2CC=CC(=O)O)C1. The number of aliphatic carboxylic acids is 1. The maximum atomic E-state index is 13.4. The van der Waals surface area contributed by atoms with E-state index in [0.717, 1.165) is 11.6 Å². The number of hydrogen-bond acceptors (Lipinski definition) is 7. The largest absolute Gasteiger partial charge is 0.493 e. The zero-order valence-corrected chi connectivity index (χ0v) is 20.9. The van der Waals surface area contributed by atoms with Crippen LogP contribution in [0.3, 0.4) is 0 Å². The Morgan fingerprint density at radius 1 is 1.26 bits per heavy atom. The van der Waals surface area contributed by atoms with Crippen molar-refractivity contribution in [1.82, 2.24) is 10.4 Å². The van der Waals surface area contributed by atoms with E-state index in [-0.39, 0.29) is 23.8 Å². The van der Waals surface area contributed by atoms with Crippen LogP contribution < -0.4 is 15.5 Å². The lowest BCUT2D eigenvalue weighted by atomic mass is 9.86. The number of carboxylic acids is 1. The Hall–Kier alpha value is -4.20. The fourth-order valence-electron chi connectivity index (χ4n) is 5.22. The van der Waals surface area contributed by atoms with Gasteiger partial charge in [-0.25, -0.2) is 9.80 Å². The molecule has 2 aliphatic heterocycles. The second kappa shape index (κ2) is 10.3. The smallest absolute Gasteiger partial charge is 0.327 e. The van der Waals surface area contributed by atoms with E-state index in [1.165, 1.54) is 6.08 Å². The number of nitriles is 1. The minimum absolute atomic E-state index is 0.115. The normalized spacial score (nSPS) is 22.2. The molecule has 2 atom stereocenters. The Morgan fingerprint density at radius 3 is 2.82 bits per heavy atom. The number of anilines is 1. The highest BCUT2D eigenvalue weighted by atomic mass is 16.5. The number of allylic oxidation sites excluding steroid dienone is 1. The lowest BCUT2D eigenvalue weighted by molar-refractivity contribution is -0.131. The quantitative estimate of drug-likeness (QED) is 0.454. The number of hydrazine groups is 1. The fraction of sp³-hybridized carbons (Fsp3) is 0.357.